The summed E-state index contributed by atoms with van der Waals surface area (Å²) in [5.74, 6) is -0.490. The van der Waals surface area contributed by atoms with E-state index in [1.54, 1.807) is 6.26 Å². The first-order valence-corrected chi connectivity index (χ1v) is 9.43. The van der Waals surface area contributed by atoms with Crippen molar-refractivity contribution in [2.75, 3.05) is 11.9 Å². The highest BCUT2D eigenvalue weighted by atomic mass is 79.9. The number of hydrogen-bond donors (Lipinski definition) is 2. The van der Waals surface area contributed by atoms with Gasteiger partial charge in [0, 0.05) is 21.1 Å². The molecule has 0 aliphatic heterocycles. The van der Waals surface area contributed by atoms with E-state index in [9.17, 15) is 9.59 Å². The standard InChI is InChI=1S/C21H21BrN2O3/c1-12-7-17-15(11-27-19(17)8-13(12)2)9-20(25)23-10-21(26)24-18-5-4-16(22)6-14(18)3/h4-8,11H,9-10H2,1-3H3,(H,23,25)(H,24,26). The summed E-state index contributed by atoms with van der Waals surface area (Å²) in [6.07, 6.45) is 1.77. The molecular formula is C21H21BrN2O3. The quantitative estimate of drug-likeness (QED) is 0.631. The van der Waals surface area contributed by atoms with Gasteiger partial charge in [-0.1, -0.05) is 15.9 Å². The number of halogens is 1. The molecule has 2 aromatic carbocycles. The molecule has 140 valence electrons. The van der Waals surface area contributed by atoms with Crippen LogP contribution in [0.15, 0.2) is 45.5 Å². The summed E-state index contributed by atoms with van der Waals surface area (Å²) in [5, 5.41) is 6.40. The Morgan fingerprint density at radius 2 is 1.74 bits per heavy atom. The lowest BCUT2D eigenvalue weighted by Crippen LogP contribution is -2.33. The molecule has 0 saturated heterocycles. The van der Waals surface area contributed by atoms with Gasteiger partial charge in [-0.15, -0.1) is 0 Å². The van der Waals surface area contributed by atoms with Gasteiger partial charge in [0.05, 0.1) is 19.2 Å². The number of rotatable bonds is 5. The van der Waals surface area contributed by atoms with E-state index in [1.165, 1.54) is 0 Å². The summed E-state index contributed by atoms with van der Waals surface area (Å²) in [5.41, 5.74) is 5.55. The summed E-state index contributed by atoms with van der Waals surface area (Å²) in [7, 11) is 0. The van der Waals surface area contributed by atoms with Crippen LogP contribution >= 0.6 is 15.9 Å². The zero-order chi connectivity index (χ0) is 19.6. The topological polar surface area (TPSA) is 71.3 Å². The van der Waals surface area contributed by atoms with Crippen molar-refractivity contribution in [1.29, 1.82) is 0 Å². The minimum absolute atomic E-state index is 0.0811. The van der Waals surface area contributed by atoms with E-state index in [0.29, 0.717) is 0 Å². The Hall–Kier alpha value is -2.60. The van der Waals surface area contributed by atoms with E-state index in [2.05, 4.69) is 26.6 Å². The van der Waals surface area contributed by atoms with Crippen molar-refractivity contribution < 1.29 is 14.0 Å². The number of anilines is 1. The Labute approximate surface area is 166 Å². The van der Waals surface area contributed by atoms with Crippen LogP contribution in [0.1, 0.15) is 22.3 Å². The molecule has 1 aromatic heterocycles. The normalized spacial score (nSPS) is 10.8. The van der Waals surface area contributed by atoms with Crippen LogP contribution < -0.4 is 10.6 Å². The van der Waals surface area contributed by atoms with Gasteiger partial charge in [-0.25, -0.2) is 0 Å². The zero-order valence-electron chi connectivity index (χ0n) is 15.5. The SMILES string of the molecule is Cc1cc2occ(CC(=O)NCC(=O)Nc3ccc(Br)cc3C)c2cc1C. The molecular weight excluding hydrogens is 408 g/mol. The lowest BCUT2D eigenvalue weighted by molar-refractivity contribution is -0.123. The number of amides is 2. The lowest BCUT2D eigenvalue weighted by Gasteiger charge is -2.09. The number of hydrogen-bond acceptors (Lipinski definition) is 3. The van der Waals surface area contributed by atoms with Crippen molar-refractivity contribution in [3.05, 3.63) is 63.3 Å². The predicted octanol–water partition coefficient (Wildman–Crippen LogP) is 4.42. The maximum absolute atomic E-state index is 12.2. The molecule has 27 heavy (non-hydrogen) atoms. The molecule has 0 radical (unpaired) electrons. The molecule has 5 nitrogen and oxygen atoms in total. The lowest BCUT2D eigenvalue weighted by atomic mass is 10.0. The van der Waals surface area contributed by atoms with Gasteiger partial charge in [0.2, 0.25) is 11.8 Å². The van der Waals surface area contributed by atoms with Crippen molar-refractivity contribution in [3.8, 4) is 0 Å². The van der Waals surface area contributed by atoms with Crippen LogP contribution in [0.3, 0.4) is 0 Å². The van der Waals surface area contributed by atoms with Gasteiger partial charge in [-0.05, 0) is 67.8 Å². The van der Waals surface area contributed by atoms with E-state index in [1.807, 2.05) is 51.1 Å². The molecule has 0 bridgehead atoms. The first-order valence-electron chi connectivity index (χ1n) is 8.63. The van der Waals surface area contributed by atoms with Crippen molar-refractivity contribution in [2.24, 2.45) is 0 Å². The van der Waals surface area contributed by atoms with E-state index in [0.717, 1.165) is 43.4 Å². The molecule has 0 fully saturated rings. The first-order chi connectivity index (χ1) is 12.8. The minimum Gasteiger partial charge on any atom is -0.464 e. The van der Waals surface area contributed by atoms with Gasteiger partial charge in [0.15, 0.2) is 0 Å². The maximum atomic E-state index is 12.2. The fraction of sp³-hybridized carbons (Fsp3) is 0.238. The Bertz CT molecular complexity index is 1020. The van der Waals surface area contributed by atoms with Crippen LogP contribution in [0.25, 0.3) is 11.0 Å². The molecule has 6 heteroatoms. The fourth-order valence-electron chi connectivity index (χ4n) is 2.85. The molecule has 3 aromatic rings. The molecule has 1 heterocycles. The molecule has 3 rings (SSSR count). The van der Waals surface area contributed by atoms with Gasteiger partial charge >= 0.3 is 0 Å². The van der Waals surface area contributed by atoms with Crippen molar-refractivity contribution >= 4 is 44.4 Å². The highest BCUT2D eigenvalue weighted by Gasteiger charge is 2.13. The second kappa shape index (κ2) is 7.96. The maximum Gasteiger partial charge on any atom is 0.243 e. The number of nitrogens with one attached hydrogen (secondary N) is 2. The molecule has 0 spiro atoms. The Balaban J connectivity index is 1.58. The average molecular weight is 429 g/mol. The summed E-state index contributed by atoms with van der Waals surface area (Å²) in [6, 6.07) is 9.59. The van der Waals surface area contributed by atoms with Crippen LogP contribution in [0.4, 0.5) is 5.69 Å². The Morgan fingerprint density at radius 1 is 1.00 bits per heavy atom. The van der Waals surface area contributed by atoms with E-state index in [-0.39, 0.29) is 24.8 Å². The predicted molar refractivity (Wildman–Crippen MR) is 110 cm³/mol. The molecule has 0 unspecified atom stereocenters. The van der Waals surface area contributed by atoms with Gasteiger partial charge < -0.3 is 15.1 Å². The molecule has 2 N–H and O–H groups in total. The van der Waals surface area contributed by atoms with E-state index >= 15 is 0 Å². The molecule has 2 amide bonds. The second-order valence-corrected chi connectivity index (χ2v) is 7.57. The number of benzene rings is 2. The monoisotopic (exact) mass is 428 g/mol. The van der Waals surface area contributed by atoms with E-state index in [4.69, 9.17) is 4.42 Å². The summed E-state index contributed by atoms with van der Waals surface area (Å²) in [6.45, 7) is 5.88. The van der Waals surface area contributed by atoms with Crippen LogP contribution in [0.2, 0.25) is 0 Å². The largest absolute Gasteiger partial charge is 0.464 e. The smallest absolute Gasteiger partial charge is 0.243 e. The Morgan fingerprint density at radius 3 is 2.48 bits per heavy atom. The van der Waals surface area contributed by atoms with Gasteiger partial charge in [0.25, 0.3) is 0 Å². The molecule has 0 saturated carbocycles. The number of carbonyl (C=O) groups excluding carboxylic acids is 2. The summed E-state index contributed by atoms with van der Waals surface area (Å²) in [4.78, 5) is 24.3. The van der Waals surface area contributed by atoms with Crippen LogP contribution in [-0.4, -0.2) is 18.4 Å². The van der Waals surface area contributed by atoms with E-state index < -0.39 is 0 Å². The summed E-state index contributed by atoms with van der Waals surface area (Å²) < 4.78 is 6.50. The van der Waals surface area contributed by atoms with Crippen LogP contribution in [0, 0.1) is 20.8 Å². The van der Waals surface area contributed by atoms with Gasteiger partial charge in [-0.2, -0.15) is 0 Å². The van der Waals surface area contributed by atoms with Crippen LogP contribution in [-0.2, 0) is 16.0 Å². The van der Waals surface area contributed by atoms with Gasteiger partial charge in [0.1, 0.15) is 5.58 Å². The van der Waals surface area contributed by atoms with Crippen molar-refractivity contribution in [3.63, 3.8) is 0 Å². The second-order valence-electron chi connectivity index (χ2n) is 6.65. The molecule has 0 aliphatic carbocycles. The molecule has 0 atom stereocenters. The highest BCUT2D eigenvalue weighted by Crippen LogP contribution is 2.25. The fourth-order valence-corrected chi connectivity index (χ4v) is 3.32. The third-order valence-corrected chi connectivity index (χ3v) is 5.02. The summed E-state index contributed by atoms with van der Waals surface area (Å²) >= 11 is 3.39. The number of aryl methyl sites for hydroxylation is 3. The molecule has 0 aliphatic rings. The van der Waals surface area contributed by atoms with Crippen molar-refractivity contribution in [2.45, 2.75) is 27.2 Å². The average Bonchev–Trinajstić information content (AvgIpc) is 2.98. The highest BCUT2D eigenvalue weighted by molar-refractivity contribution is 9.10. The zero-order valence-corrected chi connectivity index (χ0v) is 17.1. The number of carbonyl (C=O) groups is 2. The van der Waals surface area contributed by atoms with Crippen LogP contribution in [0.5, 0.6) is 0 Å². The minimum atomic E-state index is -0.266. The van der Waals surface area contributed by atoms with Crippen molar-refractivity contribution in [1.82, 2.24) is 5.32 Å². The number of fused-ring (bicyclic) bond motifs is 1. The van der Waals surface area contributed by atoms with Gasteiger partial charge in [-0.3, -0.25) is 9.59 Å². The first kappa shape index (κ1) is 19.2. The number of furan rings is 1. The third-order valence-electron chi connectivity index (χ3n) is 4.53. The third kappa shape index (κ3) is 4.57. The Kier molecular flexibility index (Phi) is 5.65.